The molecule has 4 nitrogen and oxygen atoms in total. The fourth-order valence-electron chi connectivity index (χ4n) is 19.2. The lowest BCUT2D eigenvalue weighted by molar-refractivity contribution is 0.166. The van der Waals surface area contributed by atoms with Crippen LogP contribution in [0, 0.1) is 87.9 Å². The van der Waals surface area contributed by atoms with Crippen LogP contribution in [0.25, 0.3) is 98.4 Å². The molecule has 350 valence electrons. The number of aryl methyl sites for hydroxylation is 6. The van der Waals surface area contributed by atoms with E-state index < -0.39 is 0 Å². The van der Waals surface area contributed by atoms with Crippen LogP contribution in [-0.4, -0.2) is 8.80 Å². The van der Waals surface area contributed by atoms with Gasteiger partial charge in [0.2, 0.25) is 0 Å². The van der Waals surface area contributed by atoms with Gasteiger partial charge in [0.15, 0.2) is 0 Å². The predicted molar refractivity (Wildman–Crippen MR) is 296 cm³/mol. The highest BCUT2D eigenvalue weighted by Gasteiger charge is 2.46. The molecule has 4 unspecified atom stereocenters. The molecule has 4 fully saturated rings. The van der Waals surface area contributed by atoms with Gasteiger partial charge in [-0.15, -0.1) is 0 Å². The molecule has 4 saturated carbocycles. The normalized spacial score (nSPS) is 25.1. The van der Waals surface area contributed by atoms with Gasteiger partial charge < -0.3 is 8.80 Å². The minimum atomic E-state index is 0.475. The largest absolute Gasteiger partial charge is 0.308 e. The zero-order valence-electron chi connectivity index (χ0n) is 42.4. The number of nitriles is 2. The summed E-state index contributed by atoms with van der Waals surface area (Å²) in [4.78, 5) is 0. The number of hydrogen-bond acceptors (Lipinski definition) is 2. The van der Waals surface area contributed by atoms with Gasteiger partial charge in [0.25, 0.3) is 0 Å². The molecule has 0 saturated heterocycles. The number of nitrogens with zero attached hydrogens (tertiary/aromatic N) is 4. The summed E-state index contributed by atoms with van der Waals surface area (Å²) in [5, 5.41) is 33.2. The second-order valence-electron chi connectivity index (χ2n) is 25.0. The van der Waals surface area contributed by atoms with Crippen molar-refractivity contribution >= 4 is 76.2 Å². The van der Waals surface area contributed by atoms with Gasteiger partial charge in [-0.1, -0.05) is 59.7 Å². The zero-order chi connectivity index (χ0) is 48.1. The van der Waals surface area contributed by atoms with Crippen molar-refractivity contribution in [3.05, 3.63) is 140 Å². The van der Waals surface area contributed by atoms with Crippen molar-refractivity contribution < 1.29 is 0 Å². The lowest BCUT2D eigenvalue weighted by atomic mass is 9.67. The highest BCUT2D eigenvalue weighted by molar-refractivity contribution is 6.33. The van der Waals surface area contributed by atoms with E-state index in [0.717, 1.165) is 34.8 Å². The second-order valence-corrected chi connectivity index (χ2v) is 25.0. The quantitative estimate of drug-likeness (QED) is 0.173. The summed E-state index contributed by atoms with van der Waals surface area (Å²) in [6.07, 6.45) is 12.7. The minimum Gasteiger partial charge on any atom is -0.308 e. The molecule has 19 rings (SSSR count). The van der Waals surface area contributed by atoms with Crippen molar-refractivity contribution in [2.24, 2.45) is 23.7 Å². The molecular weight excluding hydrogens is 873 g/mol. The molecule has 4 atom stereocenters. The van der Waals surface area contributed by atoms with E-state index in [9.17, 15) is 10.5 Å². The van der Waals surface area contributed by atoms with Gasteiger partial charge in [-0.25, -0.2) is 0 Å². The molecule has 0 spiro atoms. The summed E-state index contributed by atoms with van der Waals surface area (Å²) in [5.41, 5.74) is 28.1. The number of benzene rings is 7. The molecule has 72 heavy (non-hydrogen) atoms. The van der Waals surface area contributed by atoms with E-state index in [1.54, 1.807) is 0 Å². The van der Waals surface area contributed by atoms with Crippen LogP contribution < -0.4 is 0 Å². The first-order valence-electron chi connectivity index (χ1n) is 27.5. The third-order valence-corrected chi connectivity index (χ3v) is 20.8. The molecule has 4 heteroatoms. The van der Waals surface area contributed by atoms with Crippen molar-refractivity contribution in [2.45, 2.75) is 129 Å². The lowest BCUT2D eigenvalue weighted by Crippen LogP contribution is -2.25. The van der Waals surface area contributed by atoms with Crippen molar-refractivity contribution in [2.75, 3.05) is 0 Å². The Hall–Kier alpha value is -6.88. The molecule has 0 aliphatic heterocycles. The molecule has 4 heterocycles. The van der Waals surface area contributed by atoms with Crippen LogP contribution in [-0.2, 0) is 0 Å². The smallest absolute Gasteiger partial charge is 0.0995 e. The molecule has 11 aromatic rings. The van der Waals surface area contributed by atoms with Crippen LogP contribution in [0.2, 0.25) is 0 Å². The summed E-state index contributed by atoms with van der Waals surface area (Å²) in [5.74, 6) is 4.98. The lowest BCUT2D eigenvalue weighted by Gasteiger charge is -2.38. The van der Waals surface area contributed by atoms with Crippen molar-refractivity contribution in [3.8, 4) is 34.4 Å². The molecule has 8 bridgehead atoms. The molecular formula is C68H58N4. The summed E-state index contributed by atoms with van der Waals surface area (Å²) in [7, 11) is 0. The molecule has 4 aromatic heterocycles. The molecule has 0 amide bonds. The van der Waals surface area contributed by atoms with Gasteiger partial charge in [-0.3, -0.25) is 0 Å². The van der Waals surface area contributed by atoms with E-state index in [-0.39, 0.29) is 0 Å². The average Bonchev–Trinajstić information content (AvgIpc) is 3.99. The van der Waals surface area contributed by atoms with Crippen molar-refractivity contribution in [1.82, 2.24) is 8.80 Å². The van der Waals surface area contributed by atoms with Gasteiger partial charge >= 0.3 is 0 Å². The van der Waals surface area contributed by atoms with Crippen LogP contribution in [0.15, 0.2) is 72.8 Å². The van der Waals surface area contributed by atoms with Gasteiger partial charge in [0.05, 0.1) is 56.4 Å². The van der Waals surface area contributed by atoms with E-state index in [2.05, 4.69) is 135 Å². The average molecular weight is 931 g/mol. The van der Waals surface area contributed by atoms with E-state index >= 15 is 0 Å². The Labute approximate surface area is 420 Å². The van der Waals surface area contributed by atoms with Crippen LogP contribution in [0.1, 0.15) is 155 Å². The minimum absolute atomic E-state index is 0.475. The van der Waals surface area contributed by atoms with Crippen molar-refractivity contribution in [1.29, 1.82) is 10.5 Å². The predicted octanol–water partition coefficient (Wildman–Crippen LogP) is 17.7. The van der Waals surface area contributed by atoms with Crippen LogP contribution >= 0.6 is 0 Å². The zero-order valence-corrected chi connectivity index (χ0v) is 42.4. The Morgan fingerprint density at radius 2 is 0.722 bits per heavy atom. The SMILES string of the molecule is Cc1cc(C)c(-c2ccc3c4c5c(c(C#N)cc4n4c6cc7c8c(-c9c(C)cc(C)cc9C)ccc9c%10c%11c(c(C#N)cc%10n(c7cc6c2c34)c98)C2CC3CC(C2)CC%11C3)C2CC3CC(C2)CC5C3)c(C)c1. The van der Waals surface area contributed by atoms with Gasteiger partial charge in [-0.05, 0) is 244 Å². The van der Waals surface area contributed by atoms with Gasteiger partial charge in [0.1, 0.15) is 0 Å². The van der Waals surface area contributed by atoms with Gasteiger partial charge in [0, 0.05) is 43.1 Å². The Morgan fingerprint density at radius 1 is 0.375 bits per heavy atom. The molecule has 0 radical (unpaired) electrons. The first-order chi connectivity index (χ1) is 35.0. The number of rotatable bonds is 2. The Bertz CT molecular complexity index is 4080. The first kappa shape index (κ1) is 40.7. The van der Waals surface area contributed by atoms with E-state index in [1.165, 1.54) is 218 Å². The Kier molecular flexibility index (Phi) is 7.68. The fraction of sp³-hybridized carbons (Fsp3) is 0.353. The van der Waals surface area contributed by atoms with E-state index in [0.29, 0.717) is 23.7 Å². The molecule has 0 N–H and O–H groups in total. The van der Waals surface area contributed by atoms with E-state index in [4.69, 9.17) is 0 Å². The maximum absolute atomic E-state index is 11.3. The third-order valence-electron chi connectivity index (χ3n) is 20.8. The number of fused-ring (bicyclic) bond motifs is 12. The maximum Gasteiger partial charge on any atom is 0.0995 e. The fourth-order valence-corrected chi connectivity index (χ4v) is 19.2. The topological polar surface area (TPSA) is 56.4 Å². The Morgan fingerprint density at radius 3 is 1.07 bits per heavy atom. The Balaban J connectivity index is 1.09. The van der Waals surface area contributed by atoms with Crippen molar-refractivity contribution in [3.63, 3.8) is 0 Å². The highest BCUT2D eigenvalue weighted by atomic mass is 14.9. The maximum atomic E-state index is 11.3. The summed E-state index contributed by atoms with van der Waals surface area (Å²) in [6, 6.07) is 34.8. The molecule has 8 aliphatic carbocycles. The highest BCUT2D eigenvalue weighted by Crippen LogP contribution is 2.62. The van der Waals surface area contributed by atoms with Gasteiger partial charge in [-0.2, -0.15) is 10.5 Å². The molecule has 8 aliphatic rings. The van der Waals surface area contributed by atoms with Crippen LogP contribution in [0.5, 0.6) is 0 Å². The number of aromatic nitrogens is 2. The van der Waals surface area contributed by atoms with Crippen LogP contribution in [0.4, 0.5) is 0 Å². The second kappa shape index (κ2) is 13.6. The molecule has 7 aromatic carbocycles. The summed E-state index contributed by atoms with van der Waals surface area (Å²) in [6.45, 7) is 13.6. The summed E-state index contributed by atoms with van der Waals surface area (Å²) < 4.78 is 5.25. The van der Waals surface area contributed by atoms with Crippen LogP contribution in [0.3, 0.4) is 0 Å². The first-order valence-corrected chi connectivity index (χ1v) is 27.5. The monoisotopic (exact) mass is 930 g/mol. The number of hydrogen-bond donors (Lipinski definition) is 0. The standard InChI is InChI=1S/C68H58N4/c1-31-11-33(3)57(34(4)12-31)47-7-9-49-65-55(25-45(29-69)59-41-17-37-15-38(18-41)22-43(21-37)61(59)65)71-53-28-52-54(27-51(53)63(47)67(49)71)72-56-26-46(30-70)60-42-19-39-16-40(20-42)24-44(23-39)62(60)66(56)50-10-8-48(64(52)68(50)72)58-35(5)13-32(2)14-36(58)6/h7-14,25-28,37-44H,15-24H2,1-6H3. The summed E-state index contributed by atoms with van der Waals surface area (Å²) >= 11 is 0. The van der Waals surface area contributed by atoms with E-state index in [1.807, 2.05) is 0 Å². The third kappa shape index (κ3) is 4.89.